The lowest BCUT2D eigenvalue weighted by molar-refractivity contribution is -0.121. The molecular weight excluding hydrogens is 421 g/mol. The van der Waals surface area contributed by atoms with E-state index in [0.717, 1.165) is 11.1 Å². The summed E-state index contributed by atoms with van der Waals surface area (Å²) in [6, 6.07) is 12.8. The number of nitrogens with zero attached hydrogens (tertiary/aromatic N) is 1. The lowest BCUT2D eigenvalue weighted by atomic mass is 10.2. The fourth-order valence-electron chi connectivity index (χ4n) is 2.42. The second kappa shape index (κ2) is 8.93. The molecule has 1 aliphatic rings. The highest BCUT2D eigenvalue weighted by Crippen LogP contribution is 2.32. The van der Waals surface area contributed by atoms with Crippen molar-refractivity contribution in [3.8, 4) is 5.75 Å². The van der Waals surface area contributed by atoms with Gasteiger partial charge in [-0.2, -0.15) is 0 Å². The molecule has 0 radical (unpaired) electrons. The third-order valence-electron chi connectivity index (χ3n) is 3.81. The summed E-state index contributed by atoms with van der Waals surface area (Å²) in [5, 5.41) is 1.14. The first-order valence-electron chi connectivity index (χ1n) is 8.01. The van der Waals surface area contributed by atoms with Crippen molar-refractivity contribution in [2.24, 2.45) is 0 Å². The maximum Gasteiger partial charge on any atom is 0.266 e. The Bertz CT molecular complexity index is 906. The van der Waals surface area contributed by atoms with Crippen molar-refractivity contribution in [1.82, 2.24) is 4.90 Å². The van der Waals surface area contributed by atoms with Gasteiger partial charge < -0.3 is 4.74 Å². The SMILES string of the molecule is C=CCN1C(=O)/C(=C\c2ccc(OCc3c(Cl)cccc3Cl)cc2)SC1=S. The highest BCUT2D eigenvalue weighted by Gasteiger charge is 2.30. The van der Waals surface area contributed by atoms with Crippen LogP contribution in [0, 0.1) is 0 Å². The highest BCUT2D eigenvalue weighted by molar-refractivity contribution is 8.26. The van der Waals surface area contributed by atoms with E-state index < -0.39 is 0 Å². The smallest absolute Gasteiger partial charge is 0.266 e. The molecule has 0 N–H and O–H groups in total. The number of benzene rings is 2. The average molecular weight is 436 g/mol. The van der Waals surface area contributed by atoms with Crippen LogP contribution in [0.1, 0.15) is 11.1 Å². The van der Waals surface area contributed by atoms with E-state index in [2.05, 4.69) is 6.58 Å². The monoisotopic (exact) mass is 435 g/mol. The van der Waals surface area contributed by atoms with Gasteiger partial charge >= 0.3 is 0 Å². The third-order valence-corrected chi connectivity index (χ3v) is 5.89. The van der Waals surface area contributed by atoms with Crippen molar-refractivity contribution in [3.05, 3.63) is 81.2 Å². The lowest BCUT2D eigenvalue weighted by Crippen LogP contribution is -2.27. The van der Waals surface area contributed by atoms with Crippen LogP contribution in [0.15, 0.2) is 60.0 Å². The van der Waals surface area contributed by atoms with Crippen molar-refractivity contribution in [2.45, 2.75) is 6.61 Å². The first-order valence-corrected chi connectivity index (χ1v) is 9.99. The number of hydrogen-bond acceptors (Lipinski definition) is 4. The minimum Gasteiger partial charge on any atom is -0.489 e. The summed E-state index contributed by atoms with van der Waals surface area (Å²) >= 11 is 18.8. The molecule has 27 heavy (non-hydrogen) atoms. The van der Waals surface area contributed by atoms with Gasteiger partial charge in [0.1, 0.15) is 16.7 Å². The number of amides is 1. The molecule has 2 aromatic carbocycles. The highest BCUT2D eigenvalue weighted by atomic mass is 35.5. The molecule has 0 unspecified atom stereocenters. The molecule has 0 spiro atoms. The van der Waals surface area contributed by atoms with Gasteiger partial charge in [-0.3, -0.25) is 9.69 Å². The average Bonchev–Trinajstić information content (AvgIpc) is 2.90. The predicted octanol–water partition coefficient (Wildman–Crippen LogP) is 5.96. The zero-order valence-electron chi connectivity index (χ0n) is 14.2. The second-order valence-corrected chi connectivity index (χ2v) is 8.13. The van der Waals surface area contributed by atoms with Gasteiger partial charge in [-0.15, -0.1) is 6.58 Å². The van der Waals surface area contributed by atoms with Crippen molar-refractivity contribution in [2.75, 3.05) is 6.54 Å². The Kier molecular flexibility index (Phi) is 6.60. The molecule has 2 aromatic rings. The number of carbonyl (C=O) groups is 1. The van der Waals surface area contributed by atoms with Crippen molar-refractivity contribution in [3.63, 3.8) is 0 Å². The number of ether oxygens (including phenoxy) is 1. The van der Waals surface area contributed by atoms with Crippen LogP contribution >= 0.6 is 47.2 Å². The Hall–Kier alpha value is -1.79. The number of rotatable bonds is 6. The summed E-state index contributed by atoms with van der Waals surface area (Å²) in [6.45, 7) is 4.34. The molecule has 7 heteroatoms. The number of halogens is 2. The van der Waals surface area contributed by atoms with Crippen LogP contribution in [0.2, 0.25) is 10.0 Å². The Balaban J connectivity index is 1.68. The minimum atomic E-state index is -0.0985. The van der Waals surface area contributed by atoms with Crippen LogP contribution in [0.3, 0.4) is 0 Å². The molecular formula is C20H15Cl2NO2S2. The molecule has 1 amide bonds. The van der Waals surface area contributed by atoms with Crippen molar-refractivity contribution in [1.29, 1.82) is 0 Å². The standard InChI is InChI=1S/C20H15Cl2NO2S2/c1-2-10-23-19(24)18(27-20(23)26)11-13-6-8-14(9-7-13)25-12-15-16(21)4-3-5-17(15)22/h2-9,11H,1,10,12H2/b18-11+. The summed E-state index contributed by atoms with van der Waals surface area (Å²) in [7, 11) is 0. The van der Waals surface area contributed by atoms with Crippen LogP contribution in [-0.4, -0.2) is 21.7 Å². The number of thiocarbonyl (C=S) groups is 1. The molecule has 0 aliphatic carbocycles. The first-order chi connectivity index (χ1) is 13.0. The molecule has 3 nitrogen and oxygen atoms in total. The normalized spacial score (nSPS) is 15.5. The molecule has 1 heterocycles. The van der Waals surface area contributed by atoms with Gasteiger partial charge in [0.2, 0.25) is 0 Å². The van der Waals surface area contributed by atoms with E-state index in [9.17, 15) is 4.79 Å². The number of hydrogen-bond donors (Lipinski definition) is 0. The van der Waals surface area contributed by atoms with Crippen molar-refractivity contribution >= 4 is 63.5 Å². The molecule has 1 fully saturated rings. The van der Waals surface area contributed by atoms with E-state index in [-0.39, 0.29) is 12.5 Å². The Morgan fingerprint density at radius 2 is 1.81 bits per heavy atom. The maximum absolute atomic E-state index is 12.4. The predicted molar refractivity (Wildman–Crippen MR) is 117 cm³/mol. The lowest BCUT2D eigenvalue weighted by Gasteiger charge is -2.10. The fourth-order valence-corrected chi connectivity index (χ4v) is 4.21. The van der Waals surface area contributed by atoms with E-state index in [0.29, 0.717) is 31.6 Å². The molecule has 138 valence electrons. The Morgan fingerprint density at radius 1 is 1.15 bits per heavy atom. The minimum absolute atomic E-state index is 0.0985. The molecule has 0 atom stereocenters. The maximum atomic E-state index is 12.4. The van der Waals surface area contributed by atoms with Gasteiger partial charge in [-0.1, -0.05) is 71.5 Å². The second-order valence-electron chi connectivity index (χ2n) is 5.64. The summed E-state index contributed by atoms with van der Waals surface area (Å²) in [6.07, 6.45) is 3.47. The molecule has 3 rings (SSSR count). The number of carbonyl (C=O) groups excluding carboxylic acids is 1. The van der Waals surface area contributed by atoms with Gasteiger partial charge in [-0.05, 0) is 35.9 Å². The van der Waals surface area contributed by atoms with Gasteiger partial charge in [0, 0.05) is 22.2 Å². The van der Waals surface area contributed by atoms with Crippen LogP contribution in [0.25, 0.3) is 6.08 Å². The van der Waals surface area contributed by atoms with Gasteiger partial charge in [0.25, 0.3) is 5.91 Å². The van der Waals surface area contributed by atoms with Crippen LogP contribution in [-0.2, 0) is 11.4 Å². The fraction of sp³-hybridized carbons (Fsp3) is 0.100. The first kappa shape index (κ1) is 20.0. The van der Waals surface area contributed by atoms with Gasteiger partial charge in [0.15, 0.2) is 0 Å². The van der Waals surface area contributed by atoms with E-state index in [1.807, 2.05) is 30.3 Å². The molecule has 1 saturated heterocycles. The zero-order chi connectivity index (χ0) is 19.4. The molecule has 0 bridgehead atoms. The van der Waals surface area contributed by atoms with E-state index in [1.165, 1.54) is 16.7 Å². The summed E-state index contributed by atoms with van der Waals surface area (Å²) in [5.74, 6) is 0.584. The van der Waals surface area contributed by atoms with Crippen LogP contribution < -0.4 is 4.74 Å². The van der Waals surface area contributed by atoms with Gasteiger partial charge in [0.05, 0.1) is 4.91 Å². The van der Waals surface area contributed by atoms with Crippen LogP contribution in [0.5, 0.6) is 5.75 Å². The Labute approximate surface area is 177 Å². The van der Waals surface area contributed by atoms with Crippen molar-refractivity contribution < 1.29 is 9.53 Å². The van der Waals surface area contributed by atoms with E-state index in [1.54, 1.807) is 24.3 Å². The molecule has 1 aliphatic heterocycles. The quantitative estimate of drug-likeness (QED) is 0.318. The Morgan fingerprint density at radius 3 is 2.44 bits per heavy atom. The molecule has 0 saturated carbocycles. The molecule has 0 aromatic heterocycles. The summed E-state index contributed by atoms with van der Waals surface area (Å²) in [5.41, 5.74) is 1.63. The van der Waals surface area contributed by atoms with Crippen LogP contribution in [0.4, 0.5) is 0 Å². The summed E-state index contributed by atoms with van der Waals surface area (Å²) in [4.78, 5) is 14.5. The largest absolute Gasteiger partial charge is 0.489 e. The zero-order valence-corrected chi connectivity index (χ0v) is 17.3. The van der Waals surface area contributed by atoms with Gasteiger partial charge in [-0.25, -0.2) is 0 Å². The summed E-state index contributed by atoms with van der Waals surface area (Å²) < 4.78 is 6.31. The number of thioether (sulfide) groups is 1. The third kappa shape index (κ3) is 4.74. The van der Waals surface area contributed by atoms with E-state index >= 15 is 0 Å². The topological polar surface area (TPSA) is 29.5 Å². The van der Waals surface area contributed by atoms with E-state index in [4.69, 9.17) is 40.2 Å².